The van der Waals surface area contributed by atoms with Crippen LogP contribution in [0.1, 0.15) is 20.7 Å². The van der Waals surface area contributed by atoms with E-state index in [0.717, 1.165) is 0 Å². The minimum atomic E-state index is -0.520. The Morgan fingerprint density at radius 3 is 1.86 bits per heavy atom. The van der Waals surface area contributed by atoms with E-state index in [-0.39, 0.29) is 5.91 Å². The number of hydrogen-bond donors (Lipinski definition) is 0. The van der Waals surface area contributed by atoms with Crippen LogP contribution >= 0.6 is 11.6 Å². The fourth-order valence-electron chi connectivity index (χ4n) is 1.00. The number of halogens is 1. The average Bonchev–Trinajstić information content (AvgIpc) is 2.16. The number of benzene rings is 1. The highest BCUT2D eigenvalue weighted by Crippen LogP contribution is 2.08. The highest BCUT2D eigenvalue weighted by Gasteiger charge is 2.08. The molecule has 0 aliphatic heterocycles. The molecule has 0 aliphatic carbocycles. The van der Waals surface area contributed by atoms with E-state index in [1.807, 2.05) is 0 Å². The lowest BCUT2D eigenvalue weighted by atomic mass is 10.1. The molecule has 0 bridgehead atoms. The molecule has 0 radical (unpaired) electrons. The van der Waals surface area contributed by atoms with Gasteiger partial charge in [0.05, 0.1) is 0 Å². The first-order valence-electron chi connectivity index (χ1n) is 4.04. The Bertz CT molecular complexity index is 357. The molecule has 0 spiro atoms. The Hall–Kier alpha value is -1.35. The third-order valence-electron chi connectivity index (χ3n) is 1.76. The molecule has 1 rings (SSSR count). The van der Waals surface area contributed by atoms with Crippen molar-refractivity contribution in [1.82, 2.24) is 4.90 Å². The van der Waals surface area contributed by atoms with Crippen LogP contribution < -0.4 is 0 Å². The highest BCUT2D eigenvalue weighted by atomic mass is 35.5. The average molecular weight is 212 g/mol. The van der Waals surface area contributed by atoms with Crippen LogP contribution in [0.3, 0.4) is 0 Å². The van der Waals surface area contributed by atoms with Gasteiger partial charge >= 0.3 is 0 Å². The molecule has 0 aliphatic rings. The molecule has 0 saturated carbocycles. The molecule has 74 valence electrons. The van der Waals surface area contributed by atoms with Gasteiger partial charge in [-0.15, -0.1) is 0 Å². The van der Waals surface area contributed by atoms with E-state index in [2.05, 4.69) is 0 Å². The second-order valence-electron chi connectivity index (χ2n) is 3.05. The lowest BCUT2D eigenvalue weighted by molar-refractivity contribution is 0.0827. The monoisotopic (exact) mass is 211 g/mol. The molecule has 0 saturated heterocycles. The Morgan fingerprint density at radius 2 is 1.50 bits per heavy atom. The van der Waals surface area contributed by atoms with E-state index < -0.39 is 5.24 Å². The quantitative estimate of drug-likeness (QED) is 0.700. The van der Waals surface area contributed by atoms with Crippen molar-refractivity contribution in [2.24, 2.45) is 0 Å². The van der Waals surface area contributed by atoms with Crippen LogP contribution in [0.15, 0.2) is 24.3 Å². The first-order valence-corrected chi connectivity index (χ1v) is 4.41. The van der Waals surface area contributed by atoms with Crippen molar-refractivity contribution in [2.75, 3.05) is 14.1 Å². The van der Waals surface area contributed by atoms with Crippen LogP contribution in [-0.2, 0) is 0 Å². The number of nitrogens with zero attached hydrogens (tertiary/aromatic N) is 1. The van der Waals surface area contributed by atoms with E-state index in [4.69, 9.17) is 11.6 Å². The van der Waals surface area contributed by atoms with Gasteiger partial charge in [0.15, 0.2) is 0 Å². The minimum absolute atomic E-state index is 0.0985. The number of amides is 1. The zero-order chi connectivity index (χ0) is 10.7. The van der Waals surface area contributed by atoms with Crippen LogP contribution in [0.5, 0.6) is 0 Å². The Kier molecular flexibility index (Phi) is 3.25. The van der Waals surface area contributed by atoms with Gasteiger partial charge in [0.1, 0.15) is 0 Å². The molecule has 0 N–H and O–H groups in total. The van der Waals surface area contributed by atoms with Crippen molar-refractivity contribution in [3.8, 4) is 0 Å². The maximum Gasteiger partial charge on any atom is 0.253 e. The summed E-state index contributed by atoms with van der Waals surface area (Å²) in [7, 11) is 3.34. The van der Waals surface area contributed by atoms with Crippen LogP contribution in [0.2, 0.25) is 0 Å². The van der Waals surface area contributed by atoms with Crippen molar-refractivity contribution in [3.05, 3.63) is 35.4 Å². The zero-order valence-corrected chi connectivity index (χ0v) is 8.71. The van der Waals surface area contributed by atoms with Crippen molar-refractivity contribution >= 4 is 22.8 Å². The summed E-state index contributed by atoms with van der Waals surface area (Å²) in [5, 5.41) is -0.520. The standard InChI is InChI=1S/C10H10ClNO2/c1-12(2)10(14)8-5-3-7(4-6-8)9(11)13/h3-6H,1-2H3. The van der Waals surface area contributed by atoms with E-state index >= 15 is 0 Å². The largest absolute Gasteiger partial charge is 0.345 e. The molecule has 0 atom stereocenters. The third-order valence-corrected chi connectivity index (χ3v) is 1.98. The first kappa shape index (κ1) is 10.7. The lowest BCUT2D eigenvalue weighted by Crippen LogP contribution is -2.21. The van der Waals surface area contributed by atoms with Gasteiger partial charge in [-0.3, -0.25) is 9.59 Å². The van der Waals surface area contributed by atoms with E-state index in [0.29, 0.717) is 11.1 Å². The summed E-state index contributed by atoms with van der Waals surface area (Å²) in [6.45, 7) is 0. The summed E-state index contributed by atoms with van der Waals surface area (Å²) >= 11 is 5.26. The molecule has 1 amide bonds. The summed E-state index contributed by atoms with van der Waals surface area (Å²) in [5.74, 6) is -0.0985. The number of carbonyl (C=O) groups excluding carboxylic acids is 2. The van der Waals surface area contributed by atoms with Crippen LogP contribution in [0.25, 0.3) is 0 Å². The zero-order valence-electron chi connectivity index (χ0n) is 7.95. The maximum absolute atomic E-state index is 11.4. The van der Waals surface area contributed by atoms with Gasteiger partial charge in [-0.2, -0.15) is 0 Å². The summed E-state index contributed by atoms with van der Waals surface area (Å²) in [5.41, 5.74) is 0.929. The summed E-state index contributed by atoms with van der Waals surface area (Å²) in [4.78, 5) is 23.6. The summed E-state index contributed by atoms with van der Waals surface area (Å²) < 4.78 is 0. The topological polar surface area (TPSA) is 37.4 Å². The molecule has 3 nitrogen and oxygen atoms in total. The minimum Gasteiger partial charge on any atom is -0.345 e. The molecule has 0 fully saturated rings. The van der Waals surface area contributed by atoms with Gasteiger partial charge in [0.25, 0.3) is 11.1 Å². The molecule has 1 aromatic rings. The van der Waals surface area contributed by atoms with Gasteiger partial charge in [0, 0.05) is 25.2 Å². The maximum atomic E-state index is 11.4. The van der Waals surface area contributed by atoms with Gasteiger partial charge < -0.3 is 4.90 Å². The second-order valence-corrected chi connectivity index (χ2v) is 3.39. The van der Waals surface area contributed by atoms with Crippen molar-refractivity contribution in [1.29, 1.82) is 0 Å². The smallest absolute Gasteiger partial charge is 0.253 e. The van der Waals surface area contributed by atoms with Gasteiger partial charge in [-0.25, -0.2) is 0 Å². The number of rotatable bonds is 2. The van der Waals surface area contributed by atoms with Crippen LogP contribution in [-0.4, -0.2) is 30.1 Å². The van der Waals surface area contributed by atoms with Crippen molar-refractivity contribution in [2.45, 2.75) is 0 Å². The predicted molar refractivity (Wildman–Crippen MR) is 54.6 cm³/mol. The molecular formula is C10H10ClNO2. The fraction of sp³-hybridized carbons (Fsp3) is 0.200. The molecule has 0 unspecified atom stereocenters. The second kappa shape index (κ2) is 4.24. The molecule has 0 aromatic heterocycles. The molecule has 4 heteroatoms. The normalized spacial score (nSPS) is 9.64. The molecule has 14 heavy (non-hydrogen) atoms. The molecule has 0 heterocycles. The fourth-order valence-corrected chi connectivity index (χ4v) is 1.13. The summed E-state index contributed by atoms with van der Waals surface area (Å²) in [6.07, 6.45) is 0. The van der Waals surface area contributed by atoms with E-state index in [1.54, 1.807) is 26.2 Å². The van der Waals surface area contributed by atoms with E-state index in [9.17, 15) is 9.59 Å². The third kappa shape index (κ3) is 2.33. The Labute approximate surface area is 87.3 Å². The Morgan fingerprint density at radius 1 is 1.07 bits per heavy atom. The number of hydrogen-bond acceptors (Lipinski definition) is 2. The molecule has 1 aromatic carbocycles. The lowest BCUT2D eigenvalue weighted by Gasteiger charge is -2.09. The van der Waals surface area contributed by atoms with Crippen LogP contribution in [0, 0.1) is 0 Å². The van der Waals surface area contributed by atoms with Gasteiger partial charge in [-0.1, -0.05) is 0 Å². The van der Waals surface area contributed by atoms with Crippen LogP contribution in [0.4, 0.5) is 0 Å². The van der Waals surface area contributed by atoms with Crippen molar-refractivity contribution < 1.29 is 9.59 Å². The first-order chi connectivity index (χ1) is 6.52. The Balaban J connectivity index is 2.94. The summed E-state index contributed by atoms with van der Waals surface area (Å²) in [6, 6.07) is 6.23. The highest BCUT2D eigenvalue weighted by molar-refractivity contribution is 6.67. The predicted octanol–water partition coefficient (Wildman–Crippen LogP) is 1.77. The van der Waals surface area contributed by atoms with E-state index in [1.165, 1.54) is 17.0 Å². The molecular weight excluding hydrogens is 202 g/mol. The number of carbonyl (C=O) groups is 2. The van der Waals surface area contributed by atoms with Gasteiger partial charge in [-0.05, 0) is 35.9 Å². The SMILES string of the molecule is CN(C)C(=O)c1ccc(C(=O)Cl)cc1. The van der Waals surface area contributed by atoms with Gasteiger partial charge in [0.2, 0.25) is 0 Å². The van der Waals surface area contributed by atoms with Crippen molar-refractivity contribution in [3.63, 3.8) is 0 Å².